The highest BCUT2D eigenvalue weighted by atomic mass is 19.1. The fourth-order valence-corrected chi connectivity index (χ4v) is 3.13. The zero-order valence-corrected chi connectivity index (χ0v) is 12.1. The number of rotatable bonds is 5. The van der Waals surface area contributed by atoms with E-state index in [1.54, 1.807) is 12.1 Å². The molecule has 0 saturated heterocycles. The van der Waals surface area contributed by atoms with Crippen molar-refractivity contribution < 1.29 is 4.39 Å². The molecular weight excluding hydrogens is 249 g/mol. The van der Waals surface area contributed by atoms with Crippen LogP contribution in [0, 0.1) is 11.7 Å². The van der Waals surface area contributed by atoms with E-state index in [0.29, 0.717) is 12.0 Å². The first-order valence-corrected chi connectivity index (χ1v) is 8.01. The molecule has 0 radical (unpaired) electrons. The lowest BCUT2D eigenvalue weighted by Gasteiger charge is -2.25. The Labute approximate surface area is 121 Å². The van der Waals surface area contributed by atoms with Gasteiger partial charge in [-0.3, -0.25) is 0 Å². The van der Waals surface area contributed by atoms with Gasteiger partial charge in [0.15, 0.2) is 0 Å². The Morgan fingerprint density at radius 2 is 1.85 bits per heavy atom. The molecule has 0 amide bonds. The van der Waals surface area contributed by atoms with E-state index in [-0.39, 0.29) is 5.82 Å². The number of halogens is 1. The van der Waals surface area contributed by atoms with Crippen LogP contribution in [-0.4, -0.2) is 12.6 Å². The van der Waals surface area contributed by atoms with Crippen molar-refractivity contribution in [3.63, 3.8) is 0 Å². The molecule has 0 bridgehead atoms. The Morgan fingerprint density at radius 1 is 1.10 bits per heavy atom. The predicted molar refractivity (Wildman–Crippen MR) is 82.0 cm³/mol. The average molecular weight is 273 g/mol. The second-order valence-electron chi connectivity index (χ2n) is 6.23. The summed E-state index contributed by atoms with van der Waals surface area (Å²) in [7, 11) is 0. The van der Waals surface area contributed by atoms with E-state index in [9.17, 15) is 4.39 Å². The number of benzene rings is 1. The molecule has 0 aromatic heterocycles. The average Bonchev–Trinajstić information content (AvgIpc) is 3.30. The summed E-state index contributed by atoms with van der Waals surface area (Å²) in [5.41, 5.74) is 2.15. The van der Waals surface area contributed by atoms with Crippen LogP contribution in [0.5, 0.6) is 0 Å². The number of nitrogens with one attached hydrogen (secondary N) is 1. The monoisotopic (exact) mass is 273 g/mol. The lowest BCUT2D eigenvalue weighted by atomic mass is 9.83. The van der Waals surface area contributed by atoms with Crippen LogP contribution in [0.4, 0.5) is 4.39 Å². The van der Waals surface area contributed by atoms with Crippen molar-refractivity contribution in [1.29, 1.82) is 0 Å². The predicted octanol–water partition coefficient (Wildman–Crippen LogP) is 4.54. The molecule has 1 aromatic carbocycles. The van der Waals surface area contributed by atoms with Gasteiger partial charge in [0.1, 0.15) is 5.82 Å². The van der Waals surface area contributed by atoms with Gasteiger partial charge in [-0.1, -0.05) is 49.1 Å². The van der Waals surface area contributed by atoms with Crippen molar-refractivity contribution >= 4 is 6.08 Å². The molecular formula is C18H24FN. The highest BCUT2D eigenvalue weighted by molar-refractivity contribution is 5.54. The number of hydrogen-bond donors (Lipinski definition) is 1. The van der Waals surface area contributed by atoms with Gasteiger partial charge in [-0.25, -0.2) is 4.39 Å². The highest BCUT2D eigenvalue weighted by Crippen LogP contribution is 2.31. The second-order valence-corrected chi connectivity index (χ2v) is 6.23. The SMILES string of the molecule is Fc1ccccc1/C=C(/CNC1CC1)C1CCCCC1. The molecule has 108 valence electrons. The Kier molecular flexibility index (Phi) is 4.51. The molecule has 2 heteroatoms. The first-order chi connectivity index (χ1) is 9.83. The minimum Gasteiger partial charge on any atom is -0.310 e. The summed E-state index contributed by atoms with van der Waals surface area (Å²) < 4.78 is 13.9. The van der Waals surface area contributed by atoms with Crippen molar-refractivity contribution in [1.82, 2.24) is 5.32 Å². The van der Waals surface area contributed by atoms with Crippen LogP contribution < -0.4 is 5.32 Å². The van der Waals surface area contributed by atoms with Crippen molar-refractivity contribution in [2.45, 2.75) is 51.0 Å². The minimum atomic E-state index is -0.104. The van der Waals surface area contributed by atoms with Gasteiger partial charge < -0.3 is 5.32 Å². The molecule has 2 aliphatic carbocycles. The first kappa shape index (κ1) is 13.8. The van der Waals surface area contributed by atoms with Crippen molar-refractivity contribution in [3.05, 3.63) is 41.2 Å². The summed E-state index contributed by atoms with van der Waals surface area (Å²) in [5.74, 6) is 0.543. The van der Waals surface area contributed by atoms with Crippen LogP contribution in [0.2, 0.25) is 0 Å². The van der Waals surface area contributed by atoms with E-state index in [1.165, 1.54) is 50.5 Å². The van der Waals surface area contributed by atoms with Crippen LogP contribution in [-0.2, 0) is 0 Å². The second kappa shape index (κ2) is 6.53. The van der Waals surface area contributed by atoms with Gasteiger partial charge in [0, 0.05) is 18.2 Å². The maximum atomic E-state index is 13.9. The first-order valence-electron chi connectivity index (χ1n) is 8.01. The lowest BCUT2D eigenvalue weighted by Crippen LogP contribution is -2.24. The summed E-state index contributed by atoms with van der Waals surface area (Å²) in [4.78, 5) is 0. The van der Waals surface area contributed by atoms with Gasteiger partial charge in [-0.05, 0) is 37.7 Å². The molecule has 0 spiro atoms. The summed E-state index contributed by atoms with van der Waals surface area (Å²) in [5, 5.41) is 3.60. The van der Waals surface area contributed by atoms with Crippen LogP contribution in [0.1, 0.15) is 50.5 Å². The maximum absolute atomic E-state index is 13.9. The Balaban J connectivity index is 1.77. The van der Waals surface area contributed by atoms with Crippen LogP contribution in [0.15, 0.2) is 29.8 Å². The molecule has 0 heterocycles. The van der Waals surface area contributed by atoms with Gasteiger partial charge in [0.05, 0.1) is 0 Å². The fraction of sp³-hybridized carbons (Fsp3) is 0.556. The molecule has 2 saturated carbocycles. The third-order valence-corrected chi connectivity index (χ3v) is 4.55. The maximum Gasteiger partial charge on any atom is 0.130 e. The summed E-state index contributed by atoms with van der Waals surface area (Å²) in [6.45, 7) is 0.934. The van der Waals surface area contributed by atoms with Crippen molar-refractivity contribution in [2.75, 3.05) is 6.54 Å². The zero-order chi connectivity index (χ0) is 13.8. The standard InChI is InChI=1S/C18H24FN/c19-18-9-5-4-8-15(18)12-16(13-20-17-10-11-17)14-6-2-1-3-7-14/h4-5,8-9,12,14,17,20H,1-3,6-7,10-11,13H2/b16-12-. The normalized spacial score (nSPS) is 21.1. The Hall–Kier alpha value is -1.15. The van der Waals surface area contributed by atoms with E-state index >= 15 is 0 Å². The van der Waals surface area contributed by atoms with Crippen molar-refractivity contribution in [2.24, 2.45) is 5.92 Å². The quantitative estimate of drug-likeness (QED) is 0.830. The molecule has 1 nitrogen and oxygen atoms in total. The van der Waals surface area contributed by atoms with Crippen LogP contribution in [0.25, 0.3) is 6.08 Å². The van der Waals surface area contributed by atoms with Crippen molar-refractivity contribution in [3.8, 4) is 0 Å². The Bertz CT molecular complexity index is 470. The third-order valence-electron chi connectivity index (χ3n) is 4.55. The van der Waals surface area contributed by atoms with E-state index in [1.807, 2.05) is 12.1 Å². The Morgan fingerprint density at radius 3 is 2.55 bits per heavy atom. The van der Waals surface area contributed by atoms with Gasteiger partial charge >= 0.3 is 0 Å². The smallest absolute Gasteiger partial charge is 0.130 e. The van der Waals surface area contributed by atoms with Gasteiger partial charge in [0.25, 0.3) is 0 Å². The van der Waals surface area contributed by atoms with Gasteiger partial charge in [0.2, 0.25) is 0 Å². The van der Waals surface area contributed by atoms with Gasteiger partial charge in [-0.2, -0.15) is 0 Å². The molecule has 0 aliphatic heterocycles. The largest absolute Gasteiger partial charge is 0.310 e. The topological polar surface area (TPSA) is 12.0 Å². The zero-order valence-electron chi connectivity index (χ0n) is 12.1. The minimum absolute atomic E-state index is 0.104. The van der Waals surface area contributed by atoms with Crippen LogP contribution >= 0.6 is 0 Å². The molecule has 1 aromatic rings. The third kappa shape index (κ3) is 3.69. The summed E-state index contributed by atoms with van der Waals surface area (Å²) >= 11 is 0. The van der Waals surface area contributed by atoms with Crippen LogP contribution in [0.3, 0.4) is 0 Å². The molecule has 0 unspecified atom stereocenters. The molecule has 20 heavy (non-hydrogen) atoms. The van der Waals surface area contributed by atoms with E-state index in [4.69, 9.17) is 0 Å². The molecule has 0 atom stereocenters. The van der Waals surface area contributed by atoms with E-state index in [2.05, 4.69) is 11.4 Å². The summed E-state index contributed by atoms with van der Waals surface area (Å²) in [6.07, 6.45) is 11.3. The van der Waals surface area contributed by atoms with E-state index in [0.717, 1.165) is 12.1 Å². The highest BCUT2D eigenvalue weighted by Gasteiger charge is 2.23. The number of hydrogen-bond acceptors (Lipinski definition) is 1. The molecule has 3 rings (SSSR count). The molecule has 2 aliphatic rings. The van der Waals surface area contributed by atoms with Gasteiger partial charge in [-0.15, -0.1) is 0 Å². The molecule has 2 fully saturated rings. The van der Waals surface area contributed by atoms with E-state index < -0.39 is 0 Å². The molecule has 1 N–H and O–H groups in total. The summed E-state index contributed by atoms with van der Waals surface area (Å²) in [6, 6.07) is 7.83. The fourth-order valence-electron chi connectivity index (χ4n) is 3.13. The lowest BCUT2D eigenvalue weighted by molar-refractivity contribution is 0.396.